The van der Waals surface area contributed by atoms with Gasteiger partial charge in [-0.15, -0.1) is 0 Å². The van der Waals surface area contributed by atoms with Crippen LogP contribution in [-0.4, -0.2) is 64.0 Å². The van der Waals surface area contributed by atoms with E-state index in [1.165, 1.54) is 5.56 Å². The third kappa shape index (κ3) is 5.32. The Balaban J connectivity index is 1.30. The predicted octanol–water partition coefficient (Wildman–Crippen LogP) is 2.85. The average Bonchev–Trinajstić information content (AvgIpc) is 3.34. The van der Waals surface area contributed by atoms with Gasteiger partial charge in [-0.05, 0) is 45.0 Å². The van der Waals surface area contributed by atoms with Crippen LogP contribution in [0.3, 0.4) is 0 Å². The van der Waals surface area contributed by atoms with Gasteiger partial charge in [0.15, 0.2) is 0 Å². The number of aryl methyl sites for hydroxylation is 1. The van der Waals surface area contributed by atoms with E-state index < -0.39 is 5.91 Å². The summed E-state index contributed by atoms with van der Waals surface area (Å²) in [6.45, 7) is 9.08. The lowest BCUT2D eigenvalue weighted by atomic mass is 10.1. The third-order valence-electron chi connectivity index (χ3n) is 6.37. The van der Waals surface area contributed by atoms with E-state index in [-0.39, 0.29) is 18.0 Å². The lowest BCUT2D eigenvalue weighted by Crippen LogP contribution is -2.53. The molecule has 2 heterocycles. The molecule has 2 aromatic carbocycles. The quantitative estimate of drug-likeness (QED) is 0.554. The summed E-state index contributed by atoms with van der Waals surface area (Å²) in [6.07, 6.45) is 0. The van der Waals surface area contributed by atoms with Gasteiger partial charge in [-0.1, -0.05) is 35.0 Å². The molecule has 9 heteroatoms. The standard InChI is InChI=1S/C25H30N6O3/c1-16-4-6-20(7-5-16)23-28-25(34-29-23)18(3)31-14-12-30(13-15-31)17(2)24(33)27-21-10-8-19(9-11-21)22(26)32/h4-11,17-18H,12-15H2,1-3H3,(H2,26,32)(H,27,33). The van der Waals surface area contributed by atoms with Crippen molar-refractivity contribution in [3.63, 3.8) is 0 Å². The third-order valence-corrected chi connectivity index (χ3v) is 6.37. The summed E-state index contributed by atoms with van der Waals surface area (Å²) in [5, 5.41) is 7.06. The van der Waals surface area contributed by atoms with Crippen molar-refractivity contribution in [1.82, 2.24) is 19.9 Å². The molecule has 1 aliphatic heterocycles. The normalized spacial score (nSPS) is 16.7. The lowest BCUT2D eigenvalue weighted by Gasteiger charge is -2.39. The van der Waals surface area contributed by atoms with Gasteiger partial charge < -0.3 is 15.6 Å². The second kappa shape index (κ2) is 10.1. The molecule has 1 aliphatic rings. The van der Waals surface area contributed by atoms with E-state index in [0.717, 1.165) is 31.7 Å². The first-order valence-corrected chi connectivity index (χ1v) is 11.4. The zero-order valence-electron chi connectivity index (χ0n) is 19.7. The summed E-state index contributed by atoms with van der Waals surface area (Å²) < 4.78 is 5.56. The number of carbonyl (C=O) groups is 2. The molecule has 0 radical (unpaired) electrons. The number of aromatic nitrogens is 2. The number of amides is 2. The topological polar surface area (TPSA) is 118 Å². The van der Waals surface area contributed by atoms with Crippen LogP contribution in [0.2, 0.25) is 0 Å². The molecule has 178 valence electrons. The van der Waals surface area contributed by atoms with Crippen molar-refractivity contribution >= 4 is 17.5 Å². The number of hydrogen-bond donors (Lipinski definition) is 2. The summed E-state index contributed by atoms with van der Waals surface area (Å²) in [7, 11) is 0. The van der Waals surface area contributed by atoms with Crippen LogP contribution >= 0.6 is 0 Å². The van der Waals surface area contributed by atoms with Gasteiger partial charge >= 0.3 is 0 Å². The highest BCUT2D eigenvalue weighted by atomic mass is 16.5. The second-order valence-electron chi connectivity index (χ2n) is 8.68. The Bertz CT molecular complexity index is 1130. The number of primary amides is 1. The Morgan fingerprint density at radius 2 is 1.59 bits per heavy atom. The maximum Gasteiger partial charge on any atom is 0.248 e. The average molecular weight is 463 g/mol. The van der Waals surface area contributed by atoms with E-state index in [0.29, 0.717) is 23.0 Å². The predicted molar refractivity (Wildman–Crippen MR) is 129 cm³/mol. The number of nitrogens with one attached hydrogen (secondary N) is 1. The summed E-state index contributed by atoms with van der Waals surface area (Å²) in [4.78, 5) is 33.0. The molecule has 0 bridgehead atoms. The molecular weight excluding hydrogens is 432 g/mol. The number of anilines is 1. The molecule has 3 N–H and O–H groups in total. The molecule has 3 aromatic rings. The number of piperazine rings is 1. The monoisotopic (exact) mass is 462 g/mol. The molecule has 0 saturated carbocycles. The highest BCUT2D eigenvalue weighted by molar-refractivity contribution is 5.96. The fraction of sp³-hybridized carbons (Fsp3) is 0.360. The SMILES string of the molecule is Cc1ccc(-c2noc(C(C)N3CCN(C(C)C(=O)Nc4ccc(C(N)=O)cc4)CC3)n2)cc1. The van der Waals surface area contributed by atoms with Crippen LogP contribution in [-0.2, 0) is 4.79 Å². The Morgan fingerprint density at radius 1 is 0.971 bits per heavy atom. The van der Waals surface area contributed by atoms with E-state index in [1.807, 2.05) is 38.1 Å². The van der Waals surface area contributed by atoms with Gasteiger partial charge in [0, 0.05) is 43.0 Å². The maximum atomic E-state index is 12.7. The fourth-order valence-corrected chi connectivity index (χ4v) is 4.02. The second-order valence-corrected chi connectivity index (χ2v) is 8.68. The number of nitrogens with two attached hydrogens (primary N) is 1. The van der Waals surface area contributed by atoms with Crippen molar-refractivity contribution in [2.45, 2.75) is 32.9 Å². The van der Waals surface area contributed by atoms with E-state index in [4.69, 9.17) is 10.3 Å². The van der Waals surface area contributed by atoms with Gasteiger partial charge in [0.25, 0.3) is 0 Å². The lowest BCUT2D eigenvalue weighted by molar-refractivity contribution is -0.121. The van der Waals surface area contributed by atoms with Gasteiger partial charge in [-0.3, -0.25) is 19.4 Å². The van der Waals surface area contributed by atoms with E-state index in [1.54, 1.807) is 24.3 Å². The molecule has 1 aromatic heterocycles. The largest absolute Gasteiger partial charge is 0.366 e. The molecule has 34 heavy (non-hydrogen) atoms. The molecule has 2 atom stereocenters. The molecule has 0 spiro atoms. The zero-order valence-corrected chi connectivity index (χ0v) is 19.7. The number of hydrogen-bond acceptors (Lipinski definition) is 7. The molecule has 9 nitrogen and oxygen atoms in total. The summed E-state index contributed by atoms with van der Waals surface area (Å²) in [6, 6.07) is 14.3. The minimum atomic E-state index is -0.495. The van der Waals surface area contributed by atoms with Crippen LogP contribution in [0.1, 0.15) is 41.7 Å². The molecule has 4 rings (SSSR count). The highest BCUT2D eigenvalue weighted by Gasteiger charge is 2.30. The zero-order chi connectivity index (χ0) is 24.2. The van der Waals surface area contributed by atoms with Crippen LogP contribution in [0.15, 0.2) is 53.1 Å². The number of rotatable bonds is 7. The Labute approximate surface area is 198 Å². The van der Waals surface area contributed by atoms with E-state index in [9.17, 15) is 9.59 Å². The highest BCUT2D eigenvalue weighted by Crippen LogP contribution is 2.24. The minimum absolute atomic E-state index is 0.0123. The maximum absolute atomic E-state index is 12.7. The Morgan fingerprint density at radius 3 is 2.21 bits per heavy atom. The fourth-order valence-electron chi connectivity index (χ4n) is 4.02. The summed E-state index contributed by atoms with van der Waals surface area (Å²) >= 11 is 0. The van der Waals surface area contributed by atoms with Gasteiger partial charge in [-0.25, -0.2) is 0 Å². The van der Waals surface area contributed by atoms with Crippen LogP contribution < -0.4 is 11.1 Å². The van der Waals surface area contributed by atoms with Crippen LogP contribution in [0.4, 0.5) is 5.69 Å². The van der Waals surface area contributed by atoms with Crippen molar-refractivity contribution in [1.29, 1.82) is 0 Å². The number of benzene rings is 2. The summed E-state index contributed by atoms with van der Waals surface area (Å²) in [5.74, 6) is 0.599. The van der Waals surface area contributed by atoms with Gasteiger partial charge in [0.2, 0.25) is 23.5 Å². The minimum Gasteiger partial charge on any atom is -0.366 e. The molecule has 2 unspecified atom stereocenters. The first-order chi connectivity index (χ1) is 16.3. The van der Waals surface area contributed by atoms with E-state index in [2.05, 4.69) is 32.2 Å². The summed E-state index contributed by atoms with van der Waals surface area (Å²) in [5.41, 5.74) is 8.42. The first-order valence-electron chi connectivity index (χ1n) is 11.4. The van der Waals surface area contributed by atoms with Crippen LogP contribution in [0.25, 0.3) is 11.4 Å². The van der Waals surface area contributed by atoms with Crippen molar-refractivity contribution < 1.29 is 14.1 Å². The Hall–Kier alpha value is -3.56. The molecule has 2 amide bonds. The molecular formula is C25H30N6O3. The molecule has 1 saturated heterocycles. The van der Waals surface area contributed by atoms with Crippen molar-refractivity contribution in [2.24, 2.45) is 5.73 Å². The van der Waals surface area contributed by atoms with Gasteiger partial charge in [0.05, 0.1) is 12.1 Å². The first kappa shape index (κ1) is 23.6. The van der Waals surface area contributed by atoms with Crippen LogP contribution in [0, 0.1) is 6.92 Å². The van der Waals surface area contributed by atoms with Crippen molar-refractivity contribution in [3.8, 4) is 11.4 Å². The molecule has 1 fully saturated rings. The van der Waals surface area contributed by atoms with Crippen molar-refractivity contribution in [3.05, 3.63) is 65.5 Å². The molecule has 0 aliphatic carbocycles. The van der Waals surface area contributed by atoms with Gasteiger partial charge in [0.1, 0.15) is 0 Å². The van der Waals surface area contributed by atoms with Gasteiger partial charge in [-0.2, -0.15) is 4.98 Å². The van der Waals surface area contributed by atoms with Crippen molar-refractivity contribution in [2.75, 3.05) is 31.5 Å². The number of nitrogens with zero attached hydrogens (tertiary/aromatic N) is 4. The Kier molecular flexibility index (Phi) is 7.04. The number of carbonyl (C=O) groups excluding carboxylic acids is 2. The smallest absolute Gasteiger partial charge is 0.248 e. The van der Waals surface area contributed by atoms with Crippen LogP contribution in [0.5, 0.6) is 0 Å². The van der Waals surface area contributed by atoms with E-state index >= 15 is 0 Å².